The highest BCUT2D eigenvalue weighted by Crippen LogP contribution is 2.13. The SMILES string of the molecule is Cc1[nH]nc2c3ccccc3cn[n+]12. The fraction of sp³-hybridized carbons (Fsp3) is 0.100. The maximum absolute atomic E-state index is 4.29. The van der Waals surface area contributed by atoms with E-state index in [1.807, 2.05) is 41.9 Å². The molecule has 0 aliphatic carbocycles. The monoisotopic (exact) mass is 185 g/mol. The topological polar surface area (TPSA) is 45.7 Å². The van der Waals surface area contributed by atoms with Gasteiger partial charge in [-0.1, -0.05) is 18.2 Å². The first-order chi connectivity index (χ1) is 6.86. The molecule has 0 amide bonds. The van der Waals surface area contributed by atoms with Crippen LogP contribution in [0.2, 0.25) is 0 Å². The Morgan fingerprint density at radius 1 is 1.29 bits per heavy atom. The fourth-order valence-electron chi connectivity index (χ4n) is 1.64. The standard InChI is InChI=1S/C10H8N4/c1-7-12-13-10-9-5-3-2-4-8(9)6-11-14(7)10/h2-6H,1H3/p+1. The molecular formula is C10H9N4+. The van der Waals surface area contributed by atoms with E-state index < -0.39 is 0 Å². The quantitative estimate of drug-likeness (QED) is 0.531. The lowest BCUT2D eigenvalue weighted by atomic mass is 10.2. The third-order valence-corrected chi connectivity index (χ3v) is 2.36. The number of fused-ring (bicyclic) bond motifs is 3. The molecule has 0 aliphatic rings. The molecule has 0 bridgehead atoms. The lowest BCUT2D eigenvalue weighted by molar-refractivity contribution is -0.586. The Balaban J connectivity index is 2.61. The average molecular weight is 185 g/mol. The van der Waals surface area contributed by atoms with E-state index in [2.05, 4.69) is 15.3 Å². The molecule has 1 aromatic carbocycles. The molecule has 4 heteroatoms. The molecule has 0 saturated heterocycles. The van der Waals surface area contributed by atoms with Gasteiger partial charge < -0.3 is 0 Å². The van der Waals surface area contributed by atoms with Gasteiger partial charge >= 0.3 is 5.65 Å². The third-order valence-electron chi connectivity index (χ3n) is 2.36. The van der Waals surface area contributed by atoms with Gasteiger partial charge in [-0.3, -0.25) is 0 Å². The van der Waals surface area contributed by atoms with Crippen LogP contribution in [0.15, 0.2) is 30.5 Å². The van der Waals surface area contributed by atoms with Gasteiger partial charge in [0, 0.05) is 17.4 Å². The number of aromatic amines is 1. The zero-order valence-corrected chi connectivity index (χ0v) is 7.73. The molecule has 1 N–H and O–H groups in total. The summed E-state index contributed by atoms with van der Waals surface area (Å²) < 4.78 is 1.81. The highest BCUT2D eigenvalue weighted by molar-refractivity contribution is 5.90. The number of nitrogens with one attached hydrogen (secondary N) is 1. The average Bonchev–Trinajstić information content (AvgIpc) is 2.61. The van der Waals surface area contributed by atoms with Gasteiger partial charge in [0.15, 0.2) is 0 Å². The fourth-order valence-corrected chi connectivity index (χ4v) is 1.64. The Morgan fingerprint density at radius 2 is 2.14 bits per heavy atom. The Labute approximate surface area is 80.2 Å². The normalized spacial score (nSPS) is 11.2. The summed E-state index contributed by atoms with van der Waals surface area (Å²) in [5.41, 5.74) is 0.876. The number of rotatable bonds is 0. The van der Waals surface area contributed by atoms with Gasteiger partial charge in [0.1, 0.15) is 0 Å². The molecule has 68 valence electrons. The molecule has 0 saturated carbocycles. The smallest absolute Gasteiger partial charge is 0.123 e. The van der Waals surface area contributed by atoms with Crippen molar-refractivity contribution in [3.8, 4) is 0 Å². The largest absolute Gasteiger partial charge is 0.333 e. The molecule has 4 nitrogen and oxygen atoms in total. The minimum atomic E-state index is 0.876. The highest BCUT2D eigenvalue weighted by atomic mass is 15.4. The second-order valence-corrected chi connectivity index (χ2v) is 3.28. The zero-order valence-electron chi connectivity index (χ0n) is 7.73. The number of aromatic nitrogens is 4. The predicted molar refractivity (Wildman–Crippen MR) is 51.8 cm³/mol. The summed E-state index contributed by atoms with van der Waals surface area (Å²) in [4.78, 5) is 0. The first kappa shape index (κ1) is 7.44. The number of aryl methyl sites for hydroxylation is 1. The van der Waals surface area contributed by atoms with E-state index in [0.717, 1.165) is 22.2 Å². The van der Waals surface area contributed by atoms with Gasteiger partial charge in [-0.05, 0) is 6.07 Å². The molecule has 0 spiro atoms. The van der Waals surface area contributed by atoms with E-state index in [9.17, 15) is 0 Å². The van der Waals surface area contributed by atoms with Gasteiger partial charge in [-0.25, -0.2) is 0 Å². The van der Waals surface area contributed by atoms with Gasteiger partial charge in [0.2, 0.25) is 0 Å². The molecular weight excluding hydrogens is 176 g/mol. The van der Waals surface area contributed by atoms with Crippen LogP contribution in [0.3, 0.4) is 0 Å². The summed E-state index contributed by atoms with van der Waals surface area (Å²) in [5.74, 6) is 0.936. The van der Waals surface area contributed by atoms with Crippen LogP contribution in [0, 0.1) is 6.92 Å². The lowest BCUT2D eigenvalue weighted by Gasteiger charge is -1.92. The van der Waals surface area contributed by atoms with Crippen LogP contribution in [0.5, 0.6) is 0 Å². The van der Waals surface area contributed by atoms with Crippen LogP contribution in [0.4, 0.5) is 0 Å². The first-order valence-electron chi connectivity index (χ1n) is 4.47. The van der Waals surface area contributed by atoms with E-state index in [1.54, 1.807) is 0 Å². The van der Waals surface area contributed by atoms with Crippen molar-refractivity contribution in [2.45, 2.75) is 6.92 Å². The molecule has 2 heterocycles. The first-order valence-corrected chi connectivity index (χ1v) is 4.47. The summed E-state index contributed by atoms with van der Waals surface area (Å²) in [6, 6.07) is 8.09. The van der Waals surface area contributed by atoms with Crippen LogP contribution >= 0.6 is 0 Å². The van der Waals surface area contributed by atoms with E-state index in [0.29, 0.717) is 0 Å². The Bertz CT molecular complexity index is 612. The van der Waals surface area contributed by atoms with Crippen molar-refractivity contribution < 1.29 is 4.52 Å². The summed E-state index contributed by atoms with van der Waals surface area (Å²) in [6.45, 7) is 1.95. The van der Waals surface area contributed by atoms with Gasteiger partial charge in [0.25, 0.3) is 5.82 Å². The predicted octanol–water partition coefficient (Wildman–Crippen LogP) is 1.01. The van der Waals surface area contributed by atoms with Gasteiger partial charge in [-0.15, -0.1) is 14.7 Å². The van der Waals surface area contributed by atoms with Crippen molar-refractivity contribution in [2.24, 2.45) is 0 Å². The molecule has 3 rings (SSSR count). The molecule has 0 atom stereocenters. The molecule has 0 radical (unpaired) electrons. The zero-order chi connectivity index (χ0) is 9.54. The van der Waals surface area contributed by atoms with Crippen LogP contribution in [0.1, 0.15) is 5.82 Å². The summed E-state index contributed by atoms with van der Waals surface area (Å²) in [6.07, 6.45) is 1.85. The van der Waals surface area contributed by atoms with Crippen LogP contribution in [-0.4, -0.2) is 15.3 Å². The highest BCUT2D eigenvalue weighted by Gasteiger charge is 2.12. The molecule has 2 aromatic heterocycles. The number of hydrogen-bond donors (Lipinski definition) is 1. The van der Waals surface area contributed by atoms with Crippen molar-refractivity contribution in [1.29, 1.82) is 0 Å². The minimum Gasteiger partial charge on any atom is -0.123 e. The van der Waals surface area contributed by atoms with Crippen molar-refractivity contribution in [3.63, 3.8) is 0 Å². The Kier molecular flexibility index (Phi) is 1.33. The number of nitrogens with zero attached hydrogens (tertiary/aromatic N) is 3. The third kappa shape index (κ3) is 0.849. The second kappa shape index (κ2) is 2.51. The summed E-state index contributed by atoms with van der Waals surface area (Å²) in [7, 11) is 0. The molecule has 0 fully saturated rings. The Morgan fingerprint density at radius 3 is 3.07 bits per heavy atom. The van der Waals surface area contributed by atoms with E-state index in [-0.39, 0.29) is 0 Å². The van der Waals surface area contributed by atoms with Crippen molar-refractivity contribution in [3.05, 3.63) is 36.3 Å². The van der Waals surface area contributed by atoms with Gasteiger partial charge in [0.05, 0.1) is 11.6 Å². The van der Waals surface area contributed by atoms with Crippen LogP contribution in [-0.2, 0) is 0 Å². The second-order valence-electron chi connectivity index (χ2n) is 3.28. The van der Waals surface area contributed by atoms with E-state index in [4.69, 9.17) is 0 Å². The molecule has 0 unspecified atom stereocenters. The number of benzene rings is 1. The van der Waals surface area contributed by atoms with Gasteiger partial charge in [-0.2, -0.15) is 0 Å². The van der Waals surface area contributed by atoms with E-state index >= 15 is 0 Å². The number of H-pyrrole nitrogens is 1. The molecule has 0 aliphatic heterocycles. The van der Waals surface area contributed by atoms with Crippen molar-refractivity contribution in [2.75, 3.05) is 0 Å². The molecule has 3 aromatic rings. The Hall–Kier alpha value is -1.97. The minimum absolute atomic E-state index is 0.876. The summed E-state index contributed by atoms with van der Waals surface area (Å²) >= 11 is 0. The van der Waals surface area contributed by atoms with Crippen molar-refractivity contribution >= 4 is 16.4 Å². The van der Waals surface area contributed by atoms with Crippen LogP contribution < -0.4 is 4.52 Å². The maximum Gasteiger partial charge on any atom is 0.333 e. The summed E-state index contributed by atoms with van der Waals surface area (Å²) in [5, 5.41) is 13.7. The van der Waals surface area contributed by atoms with E-state index in [1.165, 1.54) is 0 Å². The molecule has 14 heavy (non-hydrogen) atoms. The lowest BCUT2D eigenvalue weighted by Crippen LogP contribution is -2.27. The number of hydrogen-bond acceptors (Lipinski definition) is 2. The van der Waals surface area contributed by atoms with Crippen LogP contribution in [0.25, 0.3) is 16.4 Å². The maximum atomic E-state index is 4.29. The van der Waals surface area contributed by atoms with Crippen molar-refractivity contribution in [1.82, 2.24) is 15.3 Å².